The maximum atomic E-state index is 9.44. The standard InChI is InChI=1S/C32H51N/c1-3-5-7-8-9-10-11-12-13-14-15-16-17-18-19-20-21-22-26-30(25-6-4-2)32-28-24-23-27-31(32)29-33/h14-15,23-24,26-28H,3-13,16-22,25H2,1-2H3/b15-14+,30-26-. The van der Waals surface area contributed by atoms with Gasteiger partial charge in [0.1, 0.15) is 0 Å². The molecule has 0 saturated heterocycles. The predicted molar refractivity (Wildman–Crippen MR) is 147 cm³/mol. The van der Waals surface area contributed by atoms with E-state index < -0.39 is 0 Å². The third-order valence-electron chi connectivity index (χ3n) is 6.55. The van der Waals surface area contributed by atoms with Crippen molar-refractivity contribution in [2.24, 2.45) is 0 Å². The maximum Gasteiger partial charge on any atom is 0.0998 e. The van der Waals surface area contributed by atoms with E-state index >= 15 is 0 Å². The van der Waals surface area contributed by atoms with Gasteiger partial charge in [0.25, 0.3) is 0 Å². The van der Waals surface area contributed by atoms with Crippen LogP contribution in [0.25, 0.3) is 5.57 Å². The van der Waals surface area contributed by atoms with Crippen LogP contribution in [0.4, 0.5) is 0 Å². The lowest BCUT2D eigenvalue weighted by Gasteiger charge is -2.10. The summed E-state index contributed by atoms with van der Waals surface area (Å²) in [4.78, 5) is 0. The minimum atomic E-state index is 0.815. The van der Waals surface area contributed by atoms with E-state index in [0.29, 0.717) is 0 Å². The van der Waals surface area contributed by atoms with Crippen molar-refractivity contribution in [2.45, 2.75) is 136 Å². The summed E-state index contributed by atoms with van der Waals surface area (Å²) in [5.41, 5.74) is 3.33. The number of unbranched alkanes of at least 4 members (excludes halogenated alkanes) is 15. The van der Waals surface area contributed by atoms with E-state index in [0.717, 1.165) is 24.0 Å². The Balaban J connectivity index is 2.08. The van der Waals surface area contributed by atoms with Crippen molar-refractivity contribution in [3.63, 3.8) is 0 Å². The van der Waals surface area contributed by atoms with Crippen LogP contribution in [0.3, 0.4) is 0 Å². The van der Waals surface area contributed by atoms with Gasteiger partial charge in [-0.3, -0.25) is 0 Å². The Labute approximate surface area is 206 Å². The quantitative estimate of drug-likeness (QED) is 0.135. The maximum absolute atomic E-state index is 9.44. The van der Waals surface area contributed by atoms with Crippen molar-refractivity contribution in [3.8, 4) is 6.07 Å². The van der Waals surface area contributed by atoms with Gasteiger partial charge < -0.3 is 0 Å². The van der Waals surface area contributed by atoms with Crippen LogP contribution in [-0.2, 0) is 0 Å². The first-order valence-electron chi connectivity index (χ1n) is 14.2. The van der Waals surface area contributed by atoms with Crippen LogP contribution in [0.15, 0.2) is 42.5 Å². The first-order chi connectivity index (χ1) is 16.3. The van der Waals surface area contributed by atoms with Gasteiger partial charge in [0, 0.05) is 0 Å². The van der Waals surface area contributed by atoms with Crippen LogP contribution >= 0.6 is 0 Å². The fourth-order valence-corrected chi connectivity index (χ4v) is 4.42. The third-order valence-corrected chi connectivity index (χ3v) is 6.55. The summed E-state index contributed by atoms with van der Waals surface area (Å²) in [5.74, 6) is 0. The van der Waals surface area contributed by atoms with Crippen LogP contribution in [0.1, 0.15) is 147 Å². The molecule has 0 amide bonds. The first-order valence-corrected chi connectivity index (χ1v) is 14.2. The highest BCUT2D eigenvalue weighted by molar-refractivity contribution is 5.70. The molecule has 1 aromatic rings. The predicted octanol–water partition coefficient (Wildman–Crippen LogP) is 10.9. The molecular weight excluding hydrogens is 398 g/mol. The summed E-state index contributed by atoms with van der Waals surface area (Å²) < 4.78 is 0. The molecule has 1 heteroatoms. The van der Waals surface area contributed by atoms with E-state index in [4.69, 9.17) is 0 Å². The van der Waals surface area contributed by atoms with Gasteiger partial charge in [-0.05, 0) is 68.6 Å². The fraction of sp³-hybridized carbons (Fsp3) is 0.656. The zero-order valence-electron chi connectivity index (χ0n) is 21.9. The summed E-state index contributed by atoms with van der Waals surface area (Å²) in [6, 6.07) is 10.4. The molecule has 0 heterocycles. The van der Waals surface area contributed by atoms with E-state index in [9.17, 15) is 5.26 Å². The molecule has 0 radical (unpaired) electrons. The minimum absolute atomic E-state index is 0.815. The van der Waals surface area contributed by atoms with E-state index in [1.807, 2.05) is 12.1 Å². The van der Waals surface area contributed by atoms with Crippen molar-refractivity contribution in [3.05, 3.63) is 53.6 Å². The molecule has 0 aromatic heterocycles. The minimum Gasteiger partial charge on any atom is -0.192 e. The van der Waals surface area contributed by atoms with Gasteiger partial charge in [0.2, 0.25) is 0 Å². The molecule has 0 bridgehead atoms. The topological polar surface area (TPSA) is 23.8 Å². The molecular formula is C32H51N. The molecule has 0 atom stereocenters. The molecule has 0 N–H and O–H groups in total. The second-order valence-corrected chi connectivity index (χ2v) is 9.57. The number of nitrogens with zero attached hydrogens (tertiary/aromatic N) is 1. The summed E-state index contributed by atoms with van der Waals surface area (Å²) >= 11 is 0. The zero-order valence-corrected chi connectivity index (χ0v) is 21.9. The van der Waals surface area contributed by atoms with Crippen molar-refractivity contribution >= 4 is 5.57 Å². The molecule has 0 unspecified atom stereocenters. The van der Waals surface area contributed by atoms with Crippen molar-refractivity contribution in [2.75, 3.05) is 0 Å². The molecule has 0 fully saturated rings. The fourth-order valence-electron chi connectivity index (χ4n) is 4.42. The van der Waals surface area contributed by atoms with Crippen molar-refractivity contribution in [1.82, 2.24) is 0 Å². The highest BCUT2D eigenvalue weighted by atomic mass is 14.2. The van der Waals surface area contributed by atoms with Gasteiger partial charge in [-0.15, -0.1) is 0 Å². The second-order valence-electron chi connectivity index (χ2n) is 9.57. The van der Waals surface area contributed by atoms with Gasteiger partial charge >= 0.3 is 0 Å². The number of benzene rings is 1. The molecule has 1 aromatic carbocycles. The van der Waals surface area contributed by atoms with E-state index in [-0.39, 0.29) is 0 Å². The molecule has 33 heavy (non-hydrogen) atoms. The van der Waals surface area contributed by atoms with Crippen LogP contribution < -0.4 is 0 Å². The van der Waals surface area contributed by atoms with Crippen LogP contribution in [-0.4, -0.2) is 0 Å². The molecule has 1 rings (SSSR count). The van der Waals surface area contributed by atoms with E-state index in [2.05, 4.69) is 50.3 Å². The number of hydrogen-bond donors (Lipinski definition) is 0. The lowest BCUT2D eigenvalue weighted by Crippen LogP contribution is -1.91. The van der Waals surface area contributed by atoms with E-state index in [1.165, 1.54) is 115 Å². The molecule has 0 aliphatic rings. The number of allylic oxidation sites excluding steroid dienone is 4. The van der Waals surface area contributed by atoms with Gasteiger partial charge in [-0.25, -0.2) is 0 Å². The summed E-state index contributed by atoms with van der Waals surface area (Å²) in [6.07, 6.45) is 32.3. The average molecular weight is 450 g/mol. The number of hydrogen-bond acceptors (Lipinski definition) is 1. The van der Waals surface area contributed by atoms with Crippen LogP contribution in [0.2, 0.25) is 0 Å². The SMILES string of the molecule is CCCCCCCCCC/C=C/CCCCCCC/C=C(/CCCC)c1ccccc1C#N. The average Bonchev–Trinajstić information content (AvgIpc) is 2.85. The second kappa shape index (κ2) is 22.0. The van der Waals surface area contributed by atoms with Crippen LogP contribution in [0, 0.1) is 11.3 Å². The van der Waals surface area contributed by atoms with Crippen molar-refractivity contribution in [1.29, 1.82) is 5.26 Å². The normalized spacial score (nSPS) is 11.8. The number of nitriles is 1. The Hall–Kier alpha value is -1.81. The van der Waals surface area contributed by atoms with Gasteiger partial charge in [-0.2, -0.15) is 5.26 Å². The molecule has 0 aliphatic heterocycles. The Bertz CT molecular complexity index is 676. The zero-order chi connectivity index (χ0) is 23.8. The van der Waals surface area contributed by atoms with Gasteiger partial charge in [-0.1, -0.05) is 121 Å². The Kier molecular flexibility index (Phi) is 19.5. The summed E-state index contributed by atoms with van der Waals surface area (Å²) in [5, 5.41) is 9.44. The number of rotatable bonds is 21. The lowest BCUT2D eigenvalue weighted by atomic mass is 9.94. The Morgan fingerprint density at radius 3 is 1.76 bits per heavy atom. The van der Waals surface area contributed by atoms with Crippen LogP contribution in [0.5, 0.6) is 0 Å². The highest BCUT2D eigenvalue weighted by Crippen LogP contribution is 2.25. The summed E-state index contributed by atoms with van der Waals surface area (Å²) in [7, 11) is 0. The lowest BCUT2D eigenvalue weighted by molar-refractivity contribution is 0.577. The monoisotopic (exact) mass is 449 g/mol. The first kappa shape index (κ1) is 29.2. The molecule has 1 nitrogen and oxygen atoms in total. The Morgan fingerprint density at radius 1 is 0.667 bits per heavy atom. The summed E-state index contributed by atoms with van der Waals surface area (Å²) in [6.45, 7) is 4.52. The smallest absolute Gasteiger partial charge is 0.0998 e. The Morgan fingerprint density at radius 2 is 1.18 bits per heavy atom. The largest absolute Gasteiger partial charge is 0.192 e. The van der Waals surface area contributed by atoms with Crippen molar-refractivity contribution < 1.29 is 0 Å². The highest BCUT2D eigenvalue weighted by Gasteiger charge is 2.06. The molecule has 0 spiro atoms. The molecule has 184 valence electrons. The van der Waals surface area contributed by atoms with Gasteiger partial charge in [0.05, 0.1) is 11.6 Å². The van der Waals surface area contributed by atoms with Gasteiger partial charge in [0.15, 0.2) is 0 Å². The van der Waals surface area contributed by atoms with E-state index in [1.54, 1.807) is 0 Å². The molecule has 0 aliphatic carbocycles. The third kappa shape index (κ3) is 15.6. The molecule has 0 saturated carbocycles.